The van der Waals surface area contributed by atoms with Gasteiger partial charge in [0, 0.05) is 6.07 Å². The van der Waals surface area contributed by atoms with E-state index in [-0.39, 0.29) is 16.9 Å². The van der Waals surface area contributed by atoms with E-state index in [1.54, 1.807) is 18.2 Å². The summed E-state index contributed by atoms with van der Waals surface area (Å²) in [6.07, 6.45) is 1.90. The Hall–Kier alpha value is -2.75. The van der Waals surface area contributed by atoms with Gasteiger partial charge >= 0.3 is 0 Å². The normalized spacial score (nSPS) is 10.7. The third-order valence-electron chi connectivity index (χ3n) is 3.29. The summed E-state index contributed by atoms with van der Waals surface area (Å²) in [5.74, 6) is 0.824. The summed E-state index contributed by atoms with van der Waals surface area (Å²) >= 11 is 0. The van der Waals surface area contributed by atoms with Crippen molar-refractivity contribution < 1.29 is 14.3 Å². The van der Waals surface area contributed by atoms with Crippen LogP contribution in [0.2, 0.25) is 0 Å². The second kappa shape index (κ2) is 5.32. The minimum absolute atomic E-state index is 0.126. The molecule has 3 rings (SSSR count). The largest absolute Gasteiger partial charge is 0.508 e. The maximum absolute atomic E-state index is 12.4. The maximum Gasteiger partial charge on any atom is 0.235 e. The van der Waals surface area contributed by atoms with Crippen molar-refractivity contribution in [2.24, 2.45) is 0 Å². The molecule has 0 amide bonds. The molecule has 0 aliphatic rings. The molecule has 0 atom stereocenters. The zero-order valence-electron chi connectivity index (χ0n) is 11.5. The second-order valence-electron chi connectivity index (χ2n) is 4.67. The van der Waals surface area contributed by atoms with E-state index in [1.807, 2.05) is 25.1 Å². The van der Waals surface area contributed by atoms with Gasteiger partial charge in [-0.05, 0) is 30.2 Å². The highest BCUT2D eigenvalue weighted by molar-refractivity contribution is 5.80. The van der Waals surface area contributed by atoms with Gasteiger partial charge in [0.2, 0.25) is 11.2 Å². The lowest BCUT2D eigenvalue weighted by atomic mass is 10.1. The molecule has 0 spiro atoms. The van der Waals surface area contributed by atoms with Crippen LogP contribution in [0.25, 0.3) is 11.0 Å². The van der Waals surface area contributed by atoms with Gasteiger partial charge in [0.25, 0.3) is 0 Å². The minimum atomic E-state index is -0.255. The van der Waals surface area contributed by atoms with E-state index in [9.17, 15) is 9.90 Å². The monoisotopic (exact) mass is 282 g/mol. The lowest BCUT2D eigenvalue weighted by Gasteiger charge is -2.07. The fourth-order valence-electron chi connectivity index (χ4n) is 2.16. The molecule has 1 heterocycles. The van der Waals surface area contributed by atoms with Crippen molar-refractivity contribution in [2.75, 3.05) is 0 Å². The van der Waals surface area contributed by atoms with Crippen LogP contribution in [-0.2, 0) is 6.42 Å². The van der Waals surface area contributed by atoms with E-state index in [4.69, 9.17) is 9.15 Å². The summed E-state index contributed by atoms with van der Waals surface area (Å²) in [7, 11) is 0. The fraction of sp³-hybridized carbons (Fsp3) is 0.118. The summed E-state index contributed by atoms with van der Waals surface area (Å²) < 4.78 is 10.9. The third kappa shape index (κ3) is 2.48. The molecule has 2 aromatic carbocycles. The van der Waals surface area contributed by atoms with Crippen molar-refractivity contribution in [1.29, 1.82) is 0 Å². The van der Waals surface area contributed by atoms with Crippen molar-refractivity contribution in [1.82, 2.24) is 0 Å². The van der Waals surface area contributed by atoms with E-state index in [1.165, 1.54) is 12.3 Å². The molecule has 4 nitrogen and oxygen atoms in total. The van der Waals surface area contributed by atoms with Gasteiger partial charge in [0.1, 0.15) is 23.3 Å². The number of hydrogen-bond acceptors (Lipinski definition) is 4. The number of fused-ring (bicyclic) bond motifs is 1. The number of hydrogen-bond donors (Lipinski definition) is 1. The average Bonchev–Trinajstić information content (AvgIpc) is 2.51. The van der Waals surface area contributed by atoms with Crippen LogP contribution in [0.4, 0.5) is 0 Å². The first-order chi connectivity index (χ1) is 10.2. The maximum atomic E-state index is 12.4. The molecular weight excluding hydrogens is 268 g/mol. The molecule has 3 aromatic rings. The first-order valence-corrected chi connectivity index (χ1v) is 6.69. The van der Waals surface area contributed by atoms with E-state index in [2.05, 4.69) is 0 Å². The molecule has 1 N–H and O–H groups in total. The molecule has 106 valence electrons. The lowest BCUT2D eigenvalue weighted by Crippen LogP contribution is -2.05. The lowest BCUT2D eigenvalue weighted by molar-refractivity contribution is 0.448. The number of aryl methyl sites for hydroxylation is 1. The molecule has 21 heavy (non-hydrogen) atoms. The zero-order valence-corrected chi connectivity index (χ0v) is 11.5. The van der Waals surface area contributed by atoms with Crippen molar-refractivity contribution in [3.8, 4) is 17.2 Å². The smallest absolute Gasteiger partial charge is 0.235 e. The molecule has 0 aliphatic carbocycles. The van der Waals surface area contributed by atoms with Crippen LogP contribution in [-0.4, -0.2) is 5.11 Å². The van der Waals surface area contributed by atoms with Crippen molar-refractivity contribution >= 4 is 11.0 Å². The highest BCUT2D eigenvalue weighted by Crippen LogP contribution is 2.26. The van der Waals surface area contributed by atoms with Crippen LogP contribution in [0, 0.1) is 0 Å². The summed E-state index contributed by atoms with van der Waals surface area (Å²) in [5.41, 5.74) is 0.788. The van der Waals surface area contributed by atoms with Crippen molar-refractivity contribution in [2.45, 2.75) is 13.3 Å². The Bertz CT molecular complexity index is 835. The molecule has 0 saturated carbocycles. The summed E-state index contributed by atoms with van der Waals surface area (Å²) in [4.78, 5) is 12.4. The van der Waals surface area contributed by atoms with Crippen molar-refractivity contribution in [3.05, 3.63) is 64.5 Å². The van der Waals surface area contributed by atoms with Gasteiger partial charge in [-0.1, -0.05) is 25.1 Å². The highest BCUT2D eigenvalue weighted by atomic mass is 16.5. The quantitative estimate of drug-likeness (QED) is 0.792. The summed E-state index contributed by atoms with van der Waals surface area (Å²) in [6.45, 7) is 1.91. The SMILES string of the molecule is CCc1cc2c(=O)c(Oc3ccccc3)coc2cc1O. The number of para-hydroxylation sites is 1. The third-order valence-corrected chi connectivity index (χ3v) is 3.29. The van der Waals surface area contributed by atoms with Gasteiger partial charge in [0.05, 0.1) is 5.39 Å². The number of phenols is 1. The Morgan fingerprint density at radius 3 is 2.67 bits per heavy atom. The Morgan fingerprint density at radius 1 is 1.19 bits per heavy atom. The molecule has 0 radical (unpaired) electrons. The van der Waals surface area contributed by atoms with Crippen molar-refractivity contribution in [3.63, 3.8) is 0 Å². The molecule has 0 unspecified atom stereocenters. The van der Waals surface area contributed by atoms with Crippen LogP contribution in [0.3, 0.4) is 0 Å². The molecule has 4 heteroatoms. The van der Waals surface area contributed by atoms with Gasteiger partial charge in [-0.15, -0.1) is 0 Å². The number of benzene rings is 2. The van der Waals surface area contributed by atoms with Gasteiger partial charge in [-0.3, -0.25) is 4.79 Å². The van der Waals surface area contributed by atoms with E-state index >= 15 is 0 Å². The number of phenolic OH excluding ortho intramolecular Hbond substituents is 1. The Balaban J connectivity index is 2.11. The number of ether oxygens (including phenoxy) is 1. The first kappa shape index (κ1) is 13.2. The number of aromatic hydroxyl groups is 1. The van der Waals surface area contributed by atoms with Crippen LogP contribution in [0.15, 0.2) is 57.9 Å². The van der Waals surface area contributed by atoms with Gasteiger partial charge in [-0.2, -0.15) is 0 Å². The second-order valence-corrected chi connectivity index (χ2v) is 4.67. The van der Waals surface area contributed by atoms with E-state index in [0.29, 0.717) is 28.7 Å². The van der Waals surface area contributed by atoms with Crippen LogP contribution < -0.4 is 10.2 Å². The fourth-order valence-corrected chi connectivity index (χ4v) is 2.16. The average molecular weight is 282 g/mol. The molecular formula is C17H14O4. The highest BCUT2D eigenvalue weighted by Gasteiger charge is 2.12. The Kier molecular flexibility index (Phi) is 3.36. The molecule has 1 aromatic heterocycles. The van der Waals surface area contributed by atoms with E-state index in [0.717, 1.165) is 0 Å². The minimum Gasteiger partial charge on any atom is -0.508 e. The number of rotatable bonds is 3. The van der Waals surface area contributed by atoms with Crippen LogP contribution >= 0.6 is 0 Å². The predicted molar refractivity (Wildman–Crippen MR) is 80.0 cm³/mol. The van der Waals surface area contributed by atoms with Gasteiger partial charge in [0.15, 0.2) is 0 Å². The summed E-state index contributed by atoms with van der Waals surface area (Å²) in [6, 6.07) is 12.1. The predicted octanol–water partition coefficient (Wildman–Crippen LogP) is 3.85. The Labute approximate surface area is 121 Å². The zero-order chi connectivity index (χ0) is 14.8. The van der Waals surface area contributed by atoms with E-state index < -0.39 is 0 Å². The van der Waals surface area contributed by atoms with Gasteiger partial charge in [-0.25, -0.2) is 0 Å². The Morgan fingerprint density at radius 2 is 1.95 bits per heavy atom. The first-order valence-electron chi connectivity index (χ1n) is 6.69. The van der Waals surface area contributed by atoms with Crippen LogP contribution in [0.5, 0.6) is 17.2 Å². The molecule has 0 fully saturated rings. The standard InChI is InChI=1S/C17H14O4/c1-2-11-8-13-15(9-14(11)18)20-10-16(17(13)19)21-12-6-4-3-5-7-12/h3-10,18H,2H2,1H3. The molecule has 0 bridgehead atoms. The molecule has 0 saturated heterocycles. The topological polar surface area (TPSA) is 59.7 Å². The van der Waals surface area contributed by atoms with Crippen LogP contribution in [0.1, 0.15) is 12.5 Å². The molecule has 0 aliphatic heterocycles. The van der Waals surface area contributed by atoms with Gasteiger partial charge < -0.3 is 14.3 Å². The summed E-state index contributed by atoms with van der Waals surface area (Å²) in [5, 5.41) is 10.2.